The van der Waals surface area contributed by atoms with Crippen LogP contribution >= 0.6 is 11.6 Å². The molecule has 0 aromatic carbocycles. The van der Waals surface area contributed by atoms with Gasteiger partial charge in [-0.05, 0) is 6.42 Å². The van der Waals surface area contributed by atoms with E-state index in [0.717, 1.165) is 18.7 Å². The lowest BCUT2D eigenvalue weighted by Crippen LogP contribution is -2.26. The molecule has 2 heterocycles. The zero-order valence-electron chi connectivity index (χ0n) is 10.6. The number of H-pyrrole nitrogens is 1. The van der Waals surface area contributed by atoms with Crippen molar-refractivity contribution in [2.45, 2.75) is 19.4 Å². The van der Waals surface area contributed by atoms with Gasteiger partial charge in [0.05, 0.1) is 11.2 Å². The molecule has 0 bridgehead atoms. The lowest BCUT2D eigenvalue weighted by Gasteiger charge is -2.08. The Labute approximate surface area is 120 Å². The number of aromatic nitrogens is 5. The number of aromatic amines is 1. The van der Waals surface area contributed by atoms with Crippen molar-refractivity contribution in [3.63, 3.8) is 0 Å². The van der Waals surface area contributed by atoms with Gasteiger partial charge in [0.25, 0.3) is 5.56 Å². The summed E-state index contributed by atoms with van der Waals surface area (Å²) in [5.41, 5.74) is -0.00963. The van der Waals surface area contributed by atoms with Crippen LogP contribution in [0.2, 0.25) is 5.02 Å². The van der Waals surface area contributed by atoms with Gasteiger partial charge in [-0.3, -0.25) is 9.89 Å². The highest BCUT2D eigenvalue weighted by Crippen LogP contribution is 2.14. The number of rotatable bonds is 6. The van der Waals surface area contributed by atoms with Crippen LogP contribution in [-0.4, -0.2) is 31.5 Å². The lowest BCUT2D eigenvalue weighted by molar-refractivity contribution is 0.663. The molecule has 0 fully saturated rings. The van der Waals surface area contributed by atoms with Gasteiger partial charge in [0.1, 0.15) is 24.4 Å². The van der Waals surface area contributed by atoms with Crippen LogP contribution in [0.1, 0.15) is 12.2 Å². The third kappa shape index (κ3) is 3.36. The largest absolute Gasteiger partial charge is 0.379 e. The van der Waals surface area contributed by atoms with Gasteiger partial charge in [-0.2, -0.15) is 10.2 Å². The molecule has 0 spiro atoms. The maximum Gasteiger partial charge on any atom is 0.292 e. The molecule has 0 atom stereocenters. The van der Waals surface area contributed by atoms with E-state index in [1.807, 2.05) is 0 Å². The third-order valence-electron chi connectivity index (χ3n) is 2.60. The minimum Gasteiger partial charge on any atom is -0.379 e. The molecular weight excluding hydrogens is 280 g/mol. The van der Waals surface area contributed by atoms with Crippen LogP contribution in [0.25, 0.3) is 0 Å². The molecule has 8 heteroatoms. The number of hydrogen-bond donors (Lipinski definition) is 2. The maximum absolute atomic E-state index is 12.0. The zero-order chi connectivity index (χ0) is 14.4. The van der Waals surface area contributed by atoms with Gasteiger partial charge in [0.2, 0.25) is 0 Å². The highest BCUT2D eigenvalue weighted by atomic mass is 35.5. The van der Waals surface area contributed by atoms with Crippen LogP contribution in [0, 0.1) is 12.3 Å². The van der Waals surface area contributed by atoms with Crippen molar-refractivity contribution in [1.29, 1.82) is 0 Å². The molecule has 0 saturated carbocycles. The number of terminal acetylenes is 1. The van der Waals surface area contributed by atoms with Crippen LogP contribution < -0.4 is 10.9 Å². The molecular formula is C12H13ClN6O. The number of halogens is 1. The van der Waals surface area contributed by atoms with E-state index in [4.69, 9.17) is 18.0 Å². The first kappa shape index (κ1) is 14.1. The summed E-state index contributed by atoms with van der Waals surface area (Å²) in [7, 11) is 0. The second-order valence-electron chi connectivity index (χ2n) is 4.00. The number of aryl methyl sites for hydroxylation is 1. The van der Waals surface area contributed by atoms with Gasteiger partial charge >= 0.3 is 0 Å². The number of hydrogen-bond acceptors (Lipinski definition) is 5. The van der Waals surface area contributed by atoms with Crippen molar-refractivity contribution in [3.05, 3.63) is 33.7 Å². The molecule has 0 unspecified atom stereocenters. The normalized spacial score (nSPS) is 10.2. The van der Waals surface area contributed by atoms with E-state index < -0.39 is 0 Å². The Morgan fingerprint density at radius 2 is 2.40 bits per heavy atom. The van der Waals surface area contributed by atoms with Gasteiger partial charge in [0, 0.05) is 13.0 Å². The lowest BCUT2D eigenvalue weighted by atomic mass is 10.3. The second kappa shape index (κ2) is 6.73. The predicted octanol–water partition coefficient (Wildman–Crippen LogP) is 0.693. The van der Waals surface area contributed by atoms with Crippen LogP contribution in [0.15, 0.2) is 17.3 Å². The summed E-state index contributed by atoms with van der Waals surface area (Å²) in [6.07, 6.45) is 9.55. The van der Waals surface area contributed by atoms with Gasteiger partial charge in [-0.1, -0.05) is 17.5 Å². The van der Waals surface area contributed by atoms with E-state index in [1.54, 1.807) is 0 Å². The monoisotopic (exact) mass is 292 g/mol. The standard InChI is InChI=1S/C12H13ClN6O/c1-2-6-19-12(20)11(9(13)7-17-19)14-5-3-4-10-15-8-16-18-10/h1,7-8,14H,3-6H2,(H,15,16,18). The summed E-state index contributed by atoms with van der Waals surface area (Å²) in [5, 5.41) is 13.7. The van der Waals surface area contributed by atoms with Gasteiger partial charge in [-0.15, -0.1) is 6.42 Å². The van der Waals surface area contributed by atoms with Crippen molar-refractivity contribution in [2.75, 3.05) is 11.9 Å². The first-order chi connectivity index (χ1) is 9.72. The van der Waals surface area contributed by atoms with Crippen LogP contribution in [-0.2, 0) is 13.0 Å². The summed E-state index contributed by atoms with van der Waals surface area (Å²) < 4.78 is 1.19. The molecule has 0 saturated heterocycles. The summed E-state index contributed by atoms with van der Waals surface area (Å²) in [5.74, 6) is 3.17. The molecule has 20 heavy (non-hydrogen) atoms. The van der Waals surface area contributed by atoms with Gasteiger partial charge < -0.3 is 5.32 Å². The SMILES string of the molecule is C#CCn1ncc(Cl)c(NCCCc2ncn[nH]2)c1=O. The number of anilines is 1. The predicted molar refractivity (Wildman–Crippen MR) is 75.5 cm³/mol. The molecule has 0 aliphatic carbocycles. The minimum atomic E-state index is -0.324. The average molecular weight is 293 g/mol. The van der Waals surface area contributed by atoms with E-state index in [0.29, 0.717) is 12.2 Å². The molecule has 2 aromatic rings. The van der Waals surface area contributed by atoms with Gasteiger partial charge in [0.15, 0.2) is 0 Å². The first-order valence-corrected chi connectivity index (χ1v) is 6.37. The fourth-order valence-corrected chi connectivity index (χ4v) is 1.84. The van der Waals surface area contributed by atoms with Crippen molar-refractivity contribution in [1.82, 2.24) is 25.0 Å². The minimum absolute atomic E-state index is 0.114. The van der Waals surface area contributed by atoms with Gasteiger partial charge in [-0.25, -0.2) is 9.67 Å². The fourth-order valence-electron chi connectivity index (χ4n) is 1.65. The van der Waals surface area contributed by atoms with Crippen LogP contribution in [0.3, 0.4) is 0 Å². The topological polar surface area (TPSA) is 88.5 Å². The van der Waals surface area contributed by atoms with E-state index >= 15 is 0 Å². The van der Waals surface area contributed by atoms with E-state index in [-0.39, 0.29) is 17.1 Å². The van der Waals surface area contributed by atoms with Crippen molar-refractivity contribution in [2.24, 2.45) is 0 Å². The Hall–Kier alpha value is -2.33. The maximum atomic E-state index is 12.0. The van der Waals surface area contributed by atoms with Crippen molar-refractivity contribution < 1.29 is 0 Å². The van der Waals surface area contributed by atoms with Crippen LogP contribution in [0.4, 0.5) is 5.69 Å². The summed E-state index contributed by atoms with van der Waals surface area (Å²) in [6, 6.07) is 0. The number of nitrogens with one attached hydrogen (secondary N) is 2. The van der Waals surface area contributed by atoms with Crippen LogP contribution in [0.5, 0.6) is 0 Å². The van der Waals surface area contributed by atoms with E-state index in [1.165, 1.54) is 17.2 Å². The Bertz CT molecular complexity index is 658. The number of nitrogens with zero attached hydrogens (tertiary/aromatic N) is 4. The Balaban J connectivity index is 1.97. The third-order valence-corrected chi connectivity index (χ3v) is 2.88. The molecule has 0 radical (unpaired) electrons. The Morgan fingerprint density at radius 1 is 1.55 bits per heavy atom. The molecule has 104 valence electrons. The molecule has 2 rings (SSSR count). The average Bonchev–Trinajstić information content (AvgIpc) is 2.94. The zero-order valence-corrected chi connectivity index (χ0v) is 11.4. The molecule has 0 amide bonds. The quantitative estimate of drug-likeness (QED) is 0.604. The van der Waals surface area contributed by atoms with Crippen molar-refractivity contribution in [3.8, 4) is 12.3 Å². The fraction of sp³-hybridized carbons (Fsp3) is 0.333. The molecule has 0 aliphatic rings. The smallest absolute Gasteiger partial charge is 0.292 e. The molecule has 0 aliphatic heterocycles. The van der Waals surface area contributed by atoms with E-state index in [9.17, 15) is 4.79 Å². The molecule has 2 N–H and O–H groups in total. The Kier molecular flexibility index (Phi) is 4.74. The van der Waals surface area contributed by atoms with Crippen molar-refractivity contribution >= 4 is 17.3 Å². The first-order valence-electron chi connectivity index (χ1n) is 5.99. The molecule has 7 nitrogen and oxygen atoms in total. The molecule has 2 aromatic heterocycles. The summed E-state index contributed by atoms with van der Waals surface area (Å²) in [6.45, 7) is 0.693. The highest BCUT2D eigenvalue weighted by Gasteiger charge is 2.08. The second-order valence-corrected chi connectivity index (χ2v) is 4.40. The summed E-state index contributed by atoms with van der Waals surface area (Å²) in [4.78, 5) is 16.0. The summed E-state index contributed by atoms with van der Waals surface area (Å²) >= 11 is 5.96. The van der Waals surface area contributed by atoms with E-state index in [2.05, 4.69) is 31.5 Å². The highest BCUT2D eigenvalue weighted by molar-refractivity contribution is 6.32. The Morgan fingerprint density at radius 3 is 3.10 bits per heavy atom.